The Hall–Kier alpha value is -1.53. The number of hydrogen-bond acceptors (Lipinski definition) is 4. The summed E-state index contributed by atoms with van der Waals surface area (Å²) in [4.78, 5) is 14.3. The van der Waals surface area contributed by atoms with Crippen LogP contribution in [0.4, 0.5) is 4.79 Å². The van der Waals surface area contributed by atoms with Gasteiger partial charge in [-0.3, -0.25) is 0 Å². The van der Waals surface area contributed by atoms with Crippen molar-refractivity contribution in [3.05, 3.63) is 23.4 Å². The van der Waals surface area contributed by atoms with Crippen LogP contribution in [-0.2, 0) is 0 Å². The second kappa shape index (κ2) is 6.93. The Morgan fingerprint density at radius 3 is 2.88 bits per heavy atom. The molecule has 0 radical (unpaired) electrons. The largest absolute Gasteiger partial charge is 0.471 e. The lowest BCUT2D eigenvalue weighted by molar-refractivity contribution is 0.249. The van der Waals surface area contributed by atoms with E-state index in [4.69, 9.17) is 33.7 Å². The molecule has 0 aliphatic carbocycles. The number of pyridine rings is 1. The second-order valence-corrected chi connectivity index (χ2v) is 3.59. The van der Waals surface area contributed by atoms with Gasteiger partial charge in [-0.25, -0.2) is 15.2 Å². The van der Waals surface area contributed by atoms with Crippen molar-refractivity contribution < 1.29 is 9.53 Å². The number of nitrogens with one attached hydrogen (secondary N) is 1. The molecular weight excluding hydrogens is 267 g/mol. The predicted octanol–water partition coefficient (Wildman–Crippen LogP) is 1.38. The molecule has 1 rings (SSSR count). The van der Waals surface area contributed by atoms with Gasteiger partial charge in [-0.15, -0.1) is 11.6 Å². The van der Waals surface area contributed by atoms with Crippen LogP contribution in [0.2, 0.25) is 5.02 Å². The van der Waals surface area contributed by atoms with Crippen LogP contribution in [0.5, 0.6) is 5.88 Å². The van der Waals surface area contributed by atoms with Crippen LogP contribution in [0.3, 0.4) is 0 Å². The molecule has 0 spiro atoms. The van der Waals surface area contributed by atoms with Gasteiger partial charge in [0.15, 0.2) is 0 Å². The van der Waals surface area contributed by atoms with Crippen molar-refractivity contribution in [3.63, 3.8) is 0 Å². The number of nitrogens with zero attached hydrogens (tertiary/aromatic N) is 2. The summed E-state index contributed by atoms with van der Waals surface area (Å²) in [5.41, 5.74) is 7.33. The van der Waals surface area contributed by atoms with Gasteiger partial charge < -0.3 is 10.5 Å². The van der Waals surface area contributed by atoms with Crippen molar-refractivity contribution in [1.82, 2.24) is 10.4 Å². The van der Waals surface area contributed by atoms with Gasteiger partial charge in [-0.05, 0) is 6.07 Å². The molecule has 0 saturated carbocycles. The van der Waals surface area contributed by atoms with Crippen LogP contribution in [0.25, 0.3) is 0 Å². The summed E-state index contributed by atoms with van der Waals surface area (Å²) in [7, 11) is 0. The number of carbonyl (C=O) groups is 1. The van der Waals surface area contributed by atoms with Crippen molar-refractivity contribution in [2.45, 2.75) is 0 Å². The molecule has 17 heavy (non-hydrogen) atoms. The van der Waals surface area contributed by atoms with Crippen molar-refractivity contribution >= 4 is 34.9 Å². The Morgan fingerprint density at radius 1 is 1.59 bits per heavy atom. The zero-order valence-electron chi connectivity index (χ0n) is 8.69. The summed E-state index contributed by atoms with van der Waals surface area (Å²) < 4.78 is 5.27. The van der Waals surface area contributed by atoms with Crippen LogP contribution in [0.1, 0.15) is 0 Å². The first kappa shape index (κ1) is 13.5. The molecule has 0 saturated heterocycles. The van der Waals surface area contributed by atoms with Crippen molar-refractivity contribution in [1.29, 1.82) is 0 Å². The Kier molecular flexibility index (Phi) is 5.51. The highest BCUT2D eigenvalue weighted by Gasteiger charge is 2.02. The van der Waals surface area contributed by atoms with E-state index in [1.54, 1.807) is 12.1 Å². The molecule has 92 valence electrons. The molecule has 3 N–H and O–H groups in total. The SMILES string of the molecule is NC(=O)NN=C(CCl)COc1ccc(Cl)cn1. The number of aromatic nitrogens is 1. The van der Waals surface area contributed by atoms with Gasteiger partial charge in [0.05, 0.1) is 16.6 Å². The van der Waals surface area contributed by atoms with Gasteiger partial charge in [0, 0.05) is 12.3 Å². The Bertz CT molecular complexity index is 408. The summed E-state index contributed by atoms with van der Waals surface area (Å²) in [5.74, 6) is 0.486. The molecule has 2 amide bonds. The lowest BCUT2D eigenvalue weighted by atomic mass is 10.4. The standard InChI is InChI=1S/C9H10Cl2N4O2/c10-3-7(14-15-9(12)16)5-17-8-2-1-6(11)4-13-8/h1-2,4H,3,5H2,(H3,12,15,16). The van der Waals surface area contributed by atoms with Gasteiger partial charge in [0.25, 0.3) is 0 Å². The lowest BCUT2D eigenvalue weighted by Crippen LogP contribution is -2.27. The average molecular weight is 277 g/mol. The van der Waals surface area contributed by atoms with Gasteiger partial charge >= 0.3 is 6.03 Å². The summed E-state index contributed by atoms with van der Waals surface area (Å²) in [5, 5.41) is 4.17. The monoisotopic (exact) mass is 276 g/mol. The molecule has 0 aliphatic rings. The minimum absolute atomic E-state index is 0.0956. The van der Waals surface area contributed by atoms with E-state index in [0.717, 1.165) is 0 Å². The first-order chi connectivity index (χ1) is 8.11. The number of hydrogen-bond donors (Lipinski definition) is 2. The average Bonchev–Trinajstić information content (AvgIpc) is 2.31. The number of ether oxygens (including phenoxy) is 1. The summed E-state index contributed by atoms with van der Waals surface area (Å²) >= 11 is 11.3. The molecule has 0 atom stereocenters. The first-order valence-corrected chi connectivity index (χ1v) is 5.44. The Labute approximate surface area is 108 Å². The summed E-state index contributed by atoms with van der Waals surface area (Å²) in [6.45, 7) is 0.0956. The number of rotatable bonds is 5. The quantitative estimate of drug-likeness (QED) is 0.484. The normalized spacial score (nSPS) is 11.1. The minimum atomic E-state index is -0.766. The summed E-state index contributed by atoms with van der Waals surface area (Å²) in [6.07, 6.45) is 1.45. The lowest BCUT2D eigenvalue weighted by Gasteiger charge is -2.05. The van der Waals surface area contributed by atoms with Crippen molar-refractivity contribution in [3.8, 4) is 5.88 Å². The number of nitrogens with two attached hydrogens (primary N) is 1. The first-order valence-electron chi connectivity index (χ1n) is 4.53. The fraction of sp³-hybridized carbons (Fsp3) is 0.222. The number of hydrazone groups is 1. The van der Waals surface area contributed by atoms with Crippen molar-refractivity contribution in [2.75, 3.05) is 12.5 Å². The molecule has 1 aromatic heterocycles. The predicted molar refractivity (Wildman–Crippen MR) is 65.6 cm³/mol. The Balaban J connectivity index is 2.50. The van der Waals surface area contributed by atoms with E-state index >= 15 is 0 Å². The van der Waals surface area contributed by atoms with E-state index in [1.165, 1.54) is 6.20 Å². The maximum Gasteiger partial charge on any atom is 0.332 e. The van der Waals surface area contributed by atoms with Gasteiger partial charge in [0.1, 0.15) is 6.61 Å². The highest BCUT2D eigenvalue weighted by atomic mass is 35.5. The van der Waals surface area contributed by atoms with E-state index in [0.29, 0.717) is 16.6 Å². The number of carbonyl (C=O) groups excluding carboxylic acids is 1. The van der Waals surface area contributed by atoms with E-state index in [2.05, 4.69) is 15.5 Å². The van der Waals surface area contributed by atoms with Crippen LogP contribution in [0, 0.1) is 0 Å². The third-order valence-corrected chi connectivity index (χ3v) is 2.10. The fourth-order valence-electron chi connectivity index (χ4n) is 0.840. The highest BCUT2D eigenvalue weighted by Crippen LogP contribution is 2.11. The number of urea groups is 1. The third kappa shape index (κ3) is 5.37. The number of amides is 2. The van der Waals surface area contributed by atoms with E-state index < -0.39 is 6.03 Å². The molecule has 0 bridgehead atoms. The molecule has 1 aromatic rings. The summed E-state index contributed by atoms with van der Waals surface area (Å²) in [6, 6.07) is 2.48. The zero-order chi connectivity index (χ0) is 12.7. The fourth-order valence-corrected chi connectivity index (χ4v) is 1.09. The van der Waals surface area contributed by atoms with Crippen LogP contribution < -0.4 is 15.9 Å². The molecule has 0 aromatic carbocycles. The molecule has 6 nitrogen and oxygen atoms in total. The van der Waals surface area contributed by atoms with E-state index in [1.807, 2.05) is 0 Å². The molecule has 8 heteroatoms. The molecule has 0 fully saturated rings. The van der Waals surface area contributed by atoms with Gasteiger partial charge in [-0.2, -0.15) is 5.10 Å². The van der Waals surface area contributed by atoms with Crippen LogP contribution in [0.15, 0.2) is 23.4 Å². The topological polar surface area (TPSA) is 89.6 Å². The molecule has 0 unspecified atom stereocenters. The smallest absolute Gasteiger partial charge is 0.332 e. The van der Waals surface area contributed by atoms with Gasteiger partial charge in [0.2, 0.25) is 5.88 Å². The number of primary amides is 1. The number of halogens is 2. The van der Waals surface area contributed by atoms with E-state index in [9.17, 15) is 4.79 Å². The molecular formula is C9H10Cl2N4O2. The highest BCUT2D eigenvalue weighted by molar-refractivity contribution is 6.30. The molecule has 0 aliphatic heterocycles. The maximum absolute atomic E-state index is 10.4. The third-order valence-electron chi connectivity index (χ3n) is 1.57. The van der Waals surface area contributed by atoms with Gasteiger partial charge in [-0.1, -0.05) is 11.6 Å². The number of alkyl halides is 1. The maximum atomic E-state index is 10.4. The molecule has 1 heterocycles. The van der Waals surface area contributed by atoms with E-state index in [-0.39, 0.29) is 12.5 Å². The second-order valence-electron chi connectivity index (χ2n) is 2.89. The zero-order valence-corrected chi connectivity index (χ0v) is 10.2. The van der Waals surface area contributed by atoms with Crippen molar-refractivity contribution in [2.24, 2.45) is 10.8 Å². The van der Waals surface area contributed by atoms with Crippen LogP contribution in [-0.4, -0.2) is 29.2 Å². The Morgan fingerprint density at radius 2 is 2.35 bits per heavy atom. The minimum Gasteiger partial charge on any atom is -0.471 e. The van der Waals surface area contributed by atoms with Crippen LogP contribution >= 0.6 is 23.2 Å².